The zero-order valence-electron chi connectivity index (χ0n) is 23.8. The second kappa shape index (κ2) is 11.8. The van der Waals surface area contributed by atoms with Crippen LogP contribution in [-0.2, 0) is 17.5 Å². The van der Waals surface area contributed by atoms with Crippen LogP contribution in [0.1, 0.15) is 42.4 Å². The van der Waals surface area contributed by atoms with Gasteiger partial charge in [-0.15, -0.1) is 0 Å². The van der Waals surface area contributed by atoms with Crippen molar-refractivity contribution in [2.75, 3.05) is 29.5 Å². The van der Waals surface area contributed by atoms with E-state index < -0.39 is 35.1 Å². The number of aromatic nitrogens is 3. The minimum absolute atomic E-state index is 0.0404. The van der Waals surface area contributed by atoms with Gasteiger partial charge in [0.2, 0.25) is 0 Å². The first-order valence-electron chi connectivity index (χ1n) is 13.5. The van der Waals surface area contributed by atoms with Gasteiger partial charge < -0.3 is 21.1 Å². The maximum Gasteiger partial charge on any atom is 0.416 e. The van der Waals surface area contributed by atoms with Crippen LogP contribution in [0.3, 0.4) is 0 Å². The number of halogens is 5. The molecule has 3 heterocycles. The van der Waals surface area contributed by atoms with E-state index in [4.69, 9.17) is 10.5 Å². The molecule has 44 heavy (non-hydrogen) atoms. The van der Waals surface area contributed by atoms with Crippen LogP contribution in [0.5, 0.6) is 0 Å². The Morgan fingerprint density at radius 3 is 2.34 bits per heavy atom. The third-order valence-corrected chi connectivity index (χ3v) is 7.12. The van der Waals surface area contributed by atoms with Crippen LogP contribution in [0.15, 0.2) is 42.7 Å². The van der Waals surface area contributed by atoms with E-state index in [0.717, 1.165) is 6.07 Å². The number of morpholine rings is 1. The molecule has 0 bridgehead atoms. The number of benzene rings is 2. The molecule has 1 saturated heterocycles. The van der Waals surface area contributed by atoms with Crippen molar-refractivity contribution < 1.29 is 36.3 Å². The Morgan fingerprint density at radius 2 is 1.70 bits per heavy atom. The summed E-state index contributed by atoms with van der Waals surface area (Å²) in [7, 11) is 0. The van der Waals surface area contributed by atoms with Gasteiger partial charge in [-0.05, 0) is 56.7 Å². The van der Waals surface area contributed by atoms with Crippen LogP contribution < -0.4 is 16.4 Å². The number of rotatable bonds is 6. The Labute approximate surface area is 248 Å². The second-order valence-corrected chi connectivity index (χ2v) is 10.6. The monoisotopic (exact) mass is 617 g/mol. The molecule has 1 fully saturated rings. The van der Waals surface area contributed by atoms with E-state index >= 15 is 4.39 Å². The molecule has 2 amide bonds. The van der Waals surface area contributed by atoms with Crippen LogP contribution in [0.25, 0.3) is 16.6 Å². The number of nitrogen functional groups attached to an aromatic ring is 1. The molecule has 232 valence electrons. The first-order chi connectivity index (χ1) is 20.7. The molecule has 10 nitrogen and oxygen atoms in total. The van der Waals surface area contributed by atoms with Crippen LogP contribution in [-0.4, -0.2) is 56.6 Å². The fraction of sp³-hybridized carbons (Fsp3) is 0.310. The van der Waals surface area contributed by atoms with Crippen molar-refractivity contribution in [1.82, 2.24) is 19.5 Å². The highest BCUT2D eigenvalue weighted by Gasteiger charge is 2.32. The minimum atomic E-state index is -4.77. The zero-order chi connectivity index (χ0) is 31.9. The number of hydrogen-bond donors (Lipinski definition) is 3. The lowest BCUT2D eigenvalue weighted by Crippen LogP contribution is -2.45. The topological polar surface area (TPSA) is 127 Å². The molecule has 0 aliphatic carbocycles. The SMILES string of the molecule is CC(=O)c1c(-c2ccc(NC(=O)Nc3cc(C(F)(F)F)ccc3F)c(F)c2)c2c(N)ncnn2c1CN1CC(C)OC(C)C1. The smallest absolute Gasteiger partial charge is 0.382 e. The summed E-state index contributed by atoms with van der Waals surface area (Å²) in [4.78, 5) is 31.7. The van der Waals surface area contributed by atoms with Crippen molar-refractivity contribution in [2.24, 2.45) is 0 Å². The quantitative estimate of drug-likeness (QED) is 0.186. The van der Waals surface area contributed by atoms with Crippen molar-refractivity contribution in [1.29, 1.82) is 0 Å². The number of nitrogens with two attached hydrogens (primary N) is 1. The van der Waals surface area contributed by atoms with Crippen molar-refractivity contribution >= 4 is 34.5 Å². The molecule has 0 spiro atoms. The van der Waals surface area contributed by atoms with E-state index in [1.165, 1.54) is 29.9 Å². The standard InChI is InChI=1S/C29H28F5N7O3/c1-14-10-40(11-15(2)44-14)12-23-24(16(3)42)25(26-27(35)36-13-37-41(23)26)17-4-7-21(20(31)8-17)38-28(43)39-22-9-18(29(32,33)34)5-6-19(22)30/h4-9,13-15H,10-12H2,1-3H3,(H2,35,36,37)(H2,38,39,43). The highest BCUT2D eigenvalue weighted by molar-refractivity contribution is 6.08. The molecule has 2 unspecified atom stereocenters. The van der Waals surface area contributed by atoms with Gasteiger partial charge in [0, 0.05) is 25.2 Å². The lowest BCUT2D eigenvalue weighted by atomic mass is 9.97. The number of nitrogens with zero attached hydrogens (tertiary/aromatic N) is 4. The van der Waals surface area contributed by atoms with Gasteiger partial charge in [-0.1, -0.05) is 6.07 Å². The van der Waals surface area contributed by atoms with Gasteiger partial charge in [0.15, 0.2) is 11.6 Å². The van der Waals surface area contributed by atoms with Gasteiger partial charge in [0.25, 0.3) is 0 Å². The van der Waals surface area contributed by atoms with Crippen molar-refractivity contribution in [3.63, 3.8) is 0 Å². The lowest BCUT2D eigenvalue weighted by molar-refractivity contribution is -0.137. The Morgan fingerprint density at radius 1 is 1.02 bits per heavy atom. The molecule has 4 N–H and O–H groups in total. The van der Waals surface area contributed by atoms with Gasteiger partial charge in [-0.3, -0.25) is 9.69 Å². The van der Waals surface area contributed by atoms with Gasteiger partial charge in [-0.2, -0.15) is 18.3 Å². The van der Waals surface area contributed by atoms with Crippen molar-refractivity contribution in [3.8, 4) is 11.1 Å². The van der Waals surface area contributed by atoms with Crippen LogP contribution in [0.4, 0.5) is 43.9 Å². The summed E-state index contributed by atoms with van der Waals surface area (Å²) in [5.74, 6) is -2.32. The third-order valence-electron chi connectivity index (χ3n) is 7.12. The second-order valence-electron chi connectivity index (χ2n) is 10.6. The first-order valence-corrected chi connectivity index (χ1v) is 13.5. The third kappa shape index (κ3) is 6.19. The number of alkyl halides is 3. The molecule has 2 atom stereocenters. The average molecular weight is 618 g/mol. The van der Waals surface area contributed by atoms with Gasteiger partial charge >= 0.3 is 12.2 Å². The predicted molar refractivity (Wildman–Crippen MR) is 152 cm³/mol. The molecule has 0 saturated carbocycles. The van der Waals surface area contributed by atoms with Crippen molar-refractivity contribution in [3.05, 3.63) is 71.2 Å². The fourth-order valence-corrected chi connectivity index (χ4v) is 5.45. The maximum absolute atomic E-state index is 15.4. The number of ether oxygens (including phenoxy) is 1. The van der Waals surface area contributed by atoms with E-state index in [1.807, 2.05) is 19.2 Å². The Bertz CT molecular complexity index is 1750. The Kier molecular flexibility index (Phi) is 8.27. The number of carbonyl (C=O) groups excluding carboxylic acids is 2. The largest absolute Gasteiger partial charge is 0.416 e. The molecule has 0 radical (unpaired) electrons. The summed E-state index contributed by atoms with van der Waals surface area (Å²) in [6.07, 6.45) is -3.59. The number of amides is 2. The number of anilines is 3. The highest BCUT2D eigenvalue weighted by Crippen LogP contribution is 2.38. The van der Waals surface area contributed by atoms with E-state index in [9.17, 15) is 27.2 Å². The first kappa shape index (κ1) is 30.8. The lowest BCUT2D eigenvalue weighted by Gasteiger charge is -2.35. The van der Waals surface area contributed by atoms with Crippen molar-refractivity contribution in [2.45, 2.75) is 45.7 Å². The fourth-order valence-electron chi connectivity index (χ4n) is 5.45. The van der Waals surface area contributed by atoms with E-state index in [0.29, 0.717) is 54.6 Å². The molecular weight excluding hydrogens is 589 g/mol. The number of nitrogens with one attached hydrogen (secondary N) is 2. The number of urea groups is 1. The highest BCUT2D eigenvalue weighted by atomic mass is 19.4. The number of fused-ring (bicyclic) bond motifs is 1. The molecule has 5 rings (SSSR count). The molecule has 1 aliphatic heterocycles. The van der Waals surface area contributed by atoms with E-state index in [2.05, 4.69) is 20.3 Å². The molecular formula is C29H28F5N7O3. The Hall–Kier alpha value is -4.63. The Balaban J connectivity index is 1.48. The number of carbonyl (C=O) groups is 2. The average Bonchev–Trinajstić information content (AvgIpc) is 3.25. The number of Topliss-reactive ketones (excluding diaryl/α,β-unsaturated/α-hetero) is 1. The summed E-state index contributed by atoms with van der Waals surface area (Å²) in [6.45, 7) is 6.80. The summed E-state index contributed by atoms with van der Waals surface area (Å²) in [6, 6.07) is 4.04. The minimum Gasteiger partial charge on any atom is -0.382 e. The number of hydrogen-bond acceptors (Lipinski definition) is 7. The molecule has 2 aromatic heterocycles. The summed E-state index contributed by atoms with van der Waals surface area (Å²) >= 11 is 0. The number of ketones is 1. The van der Waals surface area contributed by atoms with E-state index in [-0.39, 0.29) is 40.6 Å². The van der Waals surface area contributed by atoms with Gasteiger partial charge in [-0.25, -0.2) is 23.1 Å². The summed E-state index contributed by atoms with van der Waals surface area (Å²) in [5.41, 5.74) is 5.57. The molecule has 15 heteroatoms. The van der Waals surface area contributed by atoms with Crippen LogP contribution in [0, 0.1) is 11.6 Å². The summed E-state index contributed by atoms with van der Waals surface area (Å²) < 4.78 is 75.9. The molecule has 1 aliphatic rings. The summed E-state index contributed by atoms with van der Waals surface area (Å²) in [5, 5.41) is 8.46. The van der Waals surface area contributed by atoms with Gasteiger partial charge in [0.1, 0.15) is 23.5 Å². The molecule has 2 aromatic carbocycles. The van der Waals surface area contributed by atoms with Crippen LogP contribution >= 0.6 is 0 Å². The van der Waals surface area contributed by atoms with Gasteiger partial charge in [0.05, 0.1) is 40.4 Å². The predicted octanol–water partition coefficient (Wildman–Crippen LogP) is 5.73. The maximum atomic E-state index is 15.4. The normalized spacial score (nSPS) is 17.5. The zero-order valence-corrected chi connectivity index (χ0v) is 23.8. The van der Waals surface area contributed by atoms with E-state index in [1.54, 1.807) is 0 Å². The van der Waals surface area contributed by atoms with Crippen LogP contribution in [0.2, 0.25) is 0 Å². The molecule has 4 aromatic rings.